The normalized spacial score (nSPS) is 13.4. The summed E-state index contributed by atoms with van der Waals surface area (Å²) in [4.78, 5) is 0. The molecule has 0 unspecified atom stereocenters. The fraction of sp³-hybridized carbons (Fsp3) is 0.324. The minimum Gasteiger partial charge on any atom is -0.455 e. The van der Waals surface area contributed by atoms with Crippen molar-refractivity contribution in [1.29, 1.82) is 0 Å². The van der Waals surface area contributed by atoms with Crippen LogP contribution < -0.4 is 9.30 Å². The molecule has 6 aromatic rings. The number of ether oxygens (including phenoxy) is 1. The number of fused-ring (bicyclic) bond motifs is 7. The Hall–Kier alpha value is -3.43. The lowest BCUT2D eigenvalue weighted by Gasteiger charge is -2.28. The van der Waals surface area contributed by atoms with Gasteiger partial charge in [0.25, 0.3) is 0 Å². The molecule has 0 spiro atoms. The molecule has 0 saturated carbocycles. The van der Waals surface area contributed by atoms with E-state index < -0.39 is 0 Å². The third-order valence-electron chi connectivity index (χ3n) is 8.30. The summed E-state index contributed by atoms with van der Waals surface area (Å²) in [5.41, 5.74) is 6.88. The number of aryl methyl sites for hydroxylation is 2. The van der Waals surface area contributed by atoms with Crippen LogP contribution >= 0.6 is 11.3 Å². The van der Waals surface area contributed by atoms with E-state index in [1.54, 1.807) is 0 Å². The fourth-order valence-electron chi connectivity index (χ4n) is 6.77. The van der Waals surface area contributed by atoms with Crippen LogP contribution in [0.15, 0.2) is 60.8 Å². The highest BCUT2D eigenvalue weighted by atomic mass is 32.1. The standard InChI is InChI=1S/C37H38NOS/c1-21-23-11-9-10-12-24(23)28(20-37(5,6)7)34-31(21)33-32-25(15-16-38(33)8)35-27(18-29(32)39-34)26-17-22(19-36(2,3)4)13-14-30(26)40-35/h9-18H,19-20H2,1-8H3/q+1. The Labute approximate surface area is 241 Å². The van der Waals surface area contributed by atoms with Crippen LogP contribution in [-0.4, -0.2) is 0 Å². The molecule has 3 heterocycles. The predicted molar refractivity (Wildman–Crippen MR) is 172 cm³/mol. The molecule has 4 aromatic carbocycles. The maximum atomic E-state index is 7.10. The molecule has 1 aliphatic rings. The van der Waals surface area contributed by atoms with E-state index in [9.17, 15) is 0 Å². The van der Waals surface area contributed by atoms with Crippen LogP contribution in [0.25, 0.3) is 53.0 Å². The average Bonchev–Trinajstić information content (AvgIpc) is 3.24. The maximum Gasteiger partial charge on any atom is 0.228 e. The lowest BCUT2D eigenvalue weighted by atomic mass is 9.81. The molecule has 7 rings (SSSR count). The van der Waals surface area contributed by atoms with Gasteiger partial charge in [0.2, 0.25) is 5.69 Å². The smallest absolute Gasteiger partial charge is 0.228 e. The minimum atomic E-state index is 0.126. The van der Waals surface area contributed by atoms with E-state index in [2.05, 4.69) is 121 Å². The summed E-state index contributed by atoms with van der Waals surface area (Å²) in [6.45, 7) is 16.2. The lowest BCUT2D eigenvalue weighted by molar-refractivity contribution is -0.659. The molecule has 2 aromatic heterocycles. The summed E-state index contributed by atoms with van der Waals surface area (Å²) in [5, 5.41) is 7.78. The molecule has 0 radical (unpaired) electrons. The highest BCUT2D eigenvalue weighted by Gasteiger charge is 2.34. The number of benzene rings is 4. The summed E-state index contributed by atoms with van der Waals surface area (Å²) in [5.74, 6) is 2.01. The summed E-state index contributed by atoms with van der Waals surface area (Å²) in [6, 6.07) is 20.5. The van der Waals surface area contributed by atoms with Crippen molar-refractivity contribution in [3.05, 3.63) is 77.5 Å². The van der Waals surface area contributed by atoms with Crippen molar-refractivity contribution in [2.45, 2.75) is 61.3 Å². The number of hydrogen-bond donors (Lipinski definition) is 0. The molecule has 2 nitrogen and oxygen atoms in total. The third-order valence-corrected chi connectivity index (χ3v) is 9.52. The Kier molecular flexibility index (Phi) is 5.45. The van der Waals surface area contributed by atoms with Gasteiger partial charge >= 0.3 is 0 Å². The Bertz CT molecular complexity index is 2010. The molecular weight excluding hydrogens is 506 g/mol. The number of thiophene rings is 1. The second-order valence-corrected chi connectivity index (χ2v) is 15.2. The van der Waals surface area contributed by atoms with Gasteiger partial charge in [0.05, 0.1) is 10.9 Å². The molecule has 202 valence electrons. The van der Waals surface area contributed by atoms with E-state index in [-0.39, 0.29) is 10.8 Å². The van der Waals surface area contributed by atoms with Gasteiger partial charge in [-0.3, -0.25) is 0 Å². The van der Waals surface area contributed by atoms with Gasteiger partial charge in [0.15, 0.2) is 6.20 Å². The molecule has 1 aliphatic heterocycles. The number of nitrogens with zero attached hydrogens (tertiary/aromatic N) is 1. The van der Waals surface area contributed by atoms with Crippen LogP contribution in [0.4, 0.5) is 0 Å². The second kappa shape index (κ2) is 8.54. The molecule has 0 atom stereocenters. The Balaban J connectivity index is 1.58. The van der Waals surface area contributed by atoms with Gasteiger partial charge in [-0.25, -0.2) is 4.57 Å². The first-order chi connectivity index (χ1) is 18.9. The Morgan fingerprint density at radius 2 is 1.50 bits per heavy atom. The van der Waals surface area contributed by atoms with Crippen molar-refractivity contribution < 1.29 is 9.30 Å². The zero-order chi connectivity index (χ0) is 28.1. The summed E-state index contributed by atoms with van der Waals surface area (Å²) in [7, 11) is 2.18. The van der Waals surface area contributed by atoms with Crippen molar-refractivity contribution in [2.24, 2.45) is 17.9 Å². The van der Waals surface area contributed by atoms with Crippen LogP contribution in [0.2, 0.25) is 0 Å². The number of pyridine rings is 1. The number of hydrogen-bond acceptors (Lipinski definition) is 2. The van der Waals surface area contributed by atoms with Crippen LogP contribution in [0.5, 0.6) is 11.5 Å². The molecule has 40 heavy (non-hydrogen) atoms. The minimum absolute atomic E-state index is 0.126. The van der Waals surface area contributed by atoms with Crippen LogP contribution in [0.3, 0.4) is 0 Å². The van der Waals surface area contributed by atoms with Crippen LogP contribution in [-0.2, 0) is 19.9 Å². The van der Waals surface area contributed by atoms with E-state index in [1.165, 1.54) is 69.7 Å². The molecule has 0 fully saturated rings. The fourth-order valence-corrected chi connectivity index (χ4v) is 7.96. The van der Waals surface area contributed by atoms with Crippen molar-refractivity contribution >= 4 is 53.1 Å². The molecule has 0 N–H and O–H groups in total. The highest BCUT2D eigenvalue weighted by Crippen LogP contribution is 2.54. The first-order valence-corrected chi connectivity index (χ1v) is 15.2. The topological polar surface area (TPSA) is 13.1 Å². The molecule has 0 bridgehead atoms. The van der Waals surface area contributed by atoms with Crippen molar-refractivity contribution in [3.8, 4) is 22.8 Å². The molecule has 0 amide bonds. The van der Waals surface area contributed by atoms with Gasteiger partial charge in [-0.15, -0.1) is 11.3 Å². The van der Waals surface area contributed by atoms with Gasteiger partial charge in [0.1, 0.15) is 18.5 Å². The second-order valence-electron chi connectivity index (χ2n) is 14.2. The summed E-state index contributed by atoms with van der Waals surface area (Å²) < 4.78 is 12.1. The van der Waals surface area contributed by atoms with Crippen LogP contribution in [0.1, 0.15) is 58.2 Å². The largest absolute Gasteiger partial charge is 0.455 e. The Morgan fingerprint density at radius 3 is 2.23 bits per heavy atom. The molecule has 3 heteroatoms. The van der Waals surface area contributed by atoms with Gasteiger partial charge < -0.3 is 4.74 Å². The van der Waals surface area contributed by atoms with E-state index in [0.717, 1.165) is 24.3 Å². The van der Waals surface area contributed by atoms with E-state index >= 15 is 0 Å². The van der Waals surface area contributed by atoms with Gasteiger partial charge in [-0.2, -0.15) is 0 Å². The van der Waals surface area contributed by atoms with E-state index in [4.69, 9.17) is 4.74 Å². The zero-order valence-electron chi connectivity index (χ0n) is 25.0. The number of aromatic nitrogens is 1. The average molecular weight is 545 g/mol. The predicted octanol–water partition coefficient (Wildman–Crippen LogP) is 10.4. The highest BCUT2D eigenvalue weighted by molar-refractivity contribution is 7.26. The summed E-state index contributed by atoms with van der Waals surface area (Å²) in [6.07, 6.45) is 4.25. The molecule has 0 saturated heterocycles. The van der Waals surface area contributed by atoms with Crippen molar-refractivity contribution in [1.82, 2.24) is 0 Å². The maximum absolute atomic E-state index is 7.10. The third kappa shape index (κ3) is 3.93. The molecular formula is C37H38NOS+. The van der Waals surface area contributed by atoms with Gasteiger partial charge in [-0.05, 0) is 70.7 Å². The lowest BCUT2D eigenvalue weighted by Crippen LogP contribution is -2.32. The van der Waals surface area contributed by atoms with E-state index in [0.29, 0.717) is 0 Å². The quantitative estimate of drug-likeness (QED) is 0.197. The van der Waals surface area contributed by atoms with Gasteiger partial charge in [-0.1, -0.05) is 71.9 Å². The molecule has 0 aliphatic carbocycles. The van der Waals surface area contributed by atoms with Crippen molar-refractivity contribution in [2.75, 3.05) is 0 Å². The monoisotopic (exact) mass is 544 g/mol. The Morgan fingerprint density at radius 1 is 0.775 bits per heavy atom. The summed E-state index contributed by atoms with van der Waals surface area (Å²) >= 11 is 1.91. The first-order valence-electron chi connectivity index (χ1n) is 14.4. The van der Waals surface area contributed by atoms with E-state index in [1.807, 2.05) is 11.3 Å². The first kappa shape index (κ1) is 25.5. The van der Waals surface area contributed by atoms with Crippen molar-refractivity contribution in [3.63, 3.8) is 0 Å². The van der Waals surface area contributed by atoms with Crippen LogP contribution in [0, 0.1) is 17.8 Å². The SMILES string of the molecule is Cc1c2c(c(CC(C)(C)C)c3ccccc13)Oc1cc3c4cc(CC(C)(C)C)ccc4sc3c3cc[n+](C)c-2c13. The van der Waals surface area contributed by atoms with Gasteiger partial charge in [0, 0.05) is 37.2 Å². The zero-order valence-corrected chi connectivity index (χ0v) is 25.8. The number of rotatable bonds is 2.